The zero-order valence-electron chi connectivity index (χ0n) is 12.3. The van der Waals surface area contributed by atoms with Crippen molar-refractivity contribution in [1.29, 1.82) is 0 Å². The van der Waals surface area contributed by atoms with Gasteiger partial charge in [-0.25, -0.2) is 0 Å². The van der Waals surface area contributed by atoms with Crippen molar-refractivity contribution in [3.8, 4) is 0 Å². The minimum Gasteiger partial charge on any atom is -0.289 e. The molecule has 1 saturated carbocycles. The summed E-state index contributed by atoms with van der Waals surface area (Å²) in [5.74, 6) is 0.941. The molecular weight excluding hydrogens is 284 g/mol. The molecule has 0 bridgehead atoms. The van der Waals surface area contributed by atoms with Crippen LogP contribution in [-0.2, 0) is 0 Å². The molecule has 2 aliphatic rings. The van der Waals surface area contributed by atoms with Crippen LogP contribution in [0.3, 0.4) is 0 Å². The standard InChI is InChI=1S/C21H13O2/c22-20-16-7-3-4-8-17(16)21(23)19-13-15(11-12-18(19)20)10-9-14-5-1-2-6-14/h1-13H/b10-9+. The van der Waals surface area contributed by atoms with Gasteiger partial charge in [0, 0.05) is 28.2 Å². The Kier molecular flexibility index (Phi) is 3.45. The molecule has 4 rings (SSSR count). The molecule has 0 N–H and O–H groups in total. The Balaban J connectivity index is 1.71. The van der Waals surface area contributed by atoms with Gasteiger partial charge in [0.2, 0.25) is 0 Å². The molecule has 0 spiro atoms. The summed E-state index contributed by atoms with van der Waals surface area (Å²) in [4.78, 5) is 25.2. The highest BCUT2D eigenvalue weighted by atomic mass is 16.1. The van der Waals surface area contributed by atoms with Crippen LogP contribution >= 0.6 is 0 Å². The molecule has 0 amide bonds. The molecule has 109 valence electrons. The minimum atomic E-state index is -0.0845. The molecule has 2 heteroatoms. The fourth-order valence-electron chi connectivity index (χ4n) is 2.91. The summed E-state index contributed by atoms with van der Waals surface area (Å²) in [6.07, 6.45) is 11.9. The molecule has 0 heterocycles. The van der Waals surface area contributed by atoms with Crippen LogP contribution in [-0.4, -0.2) is 11.6 Å². The Morgan fingerprint density at radius 1 is 0.652 bits per heavy atom. The van der Waals surface area contributed by atoms with Crippen molar-refractivity contribution < 1.29 is 9.59 Å². The van der Waals surface area contributed by atoms with E-state index in [-0.39, 0.29) is 11.6 Å². The van der Waals surface area contributed by atoms with Crippen molar-refractivity contribution in [2.45, 2.75) is 0 Å². The third kappa shape index (κ3) is 2.44. The number of benzene rings is 2. The third-order valence-electron chi connectivity index (χ3n) is 4.11. The Morgan fingerprint density at radius 2 is 1.26 bits per heavy atom. The number of hydrogen-bond donors (Lipinski definition) is 0. The van der Waals surface area contributed by atoms with E-state index in [0.29, 0.717) is 22.3 Å². The molecule has 0 saturated heterocycles. The number of hydrogen-bond acceptors (Lipinski definition) is 2. The first kappa shape index (κ1) is 14.1. The van der Waals surface area contributed by atoms with Crippen LogP contribution < -0.4 is 0 Å². The fraction of sp³-hybridized carbons (Fsp3) is 0. The Labute approximate surface area is 135 Å². The van der Waals surface area contributed by atoms with Gasteiger partial charge in [-0.15, -0.1) is 0 Å². The predicted molar refractivity (Wildman–Crippen MR) is 89.2 cm³/mol. The average Bonchev–Trinajstić information content (AvgIpc) is 3.11. The van der Waals surface area contributed by atoms with E-state index in [2.05, 4.69) is 0 Å². The van der Waals surface area contributed by atoms with E-state index in [9.17, 15) is 9.59 Å². The molecule has 0 unspecified atom stereocenters. The van der Waals surface area contributed by atoms with Crippen LogP contribution in [0.2, 0.25) is 0 Å². The van der Waals surface area contributed by atoms with Gasteiger partial charge in [-0.3, -0.25) is 9.59 Å². The fourth-order valence-corrected chi connectivity index (χ4v) is 2.91. The summed E-state index contributed by atoms with van der Waals surface area (Å²) in [5.41, 5.74) is 2.86. The lowest BCUT2D eigenvalue weighted by Gasteiger charge is -2.17. The number of ketones is 2. The van der Waals surface area contributed by atoms with Gasteiger partial charge in [-0.1, -0.05) is 42.5 Å². The second kappa shape index (κ2) is 5.62. The topological polar surface area (TPSA) is 34.1 Å². The van der Waals surface area contributed by atoms with Crippen molar-refractivity contribution in [2.24, 2.45) is 0 Å². The molecule has 2 aromatic rings. The average molecular weight is 297 g/mol. The monoisotopic (exact) mass is 297 g/mol. The molecule has 0 atom stereocenters. The smallest absolute Gasteiger partial charge is 0.194 e. The molecule has 23 heavy (non-hydrogen) atoms. The van der Waals surface area contributed by atoms with Crippen LogP contribution in [0.4, 0.5) is 0 Å². The van der Waals surface area contributed by atoms with Crippen LogP contribution in [0, 0.1) is 31.6 Å². The molecule has 0 aliphatic heterocycles. The number of rotatable bonds is 2. The molecule has 0 aromatic heterocycles. The van der Waals surface area contributed by atoms with Gasteiger partial charge in [0.05, 0.1) is 0 Å². The summed E-state index contributed by atoms with van der Waals surface area (Å²) in [7, 11) is 0. The lowest BCUT2D eigenvalue weighted by molar-refractivity contribution is 0.0979. The van der Waals surface area contributed by atoms with Gasteiger partial charge in [0.15, 0.2) is 11.6 Å². The van der Waals surface area contributed by atoms with E-state index in [4.69, 9.17) is 0 Å². The number of fused-ring (bicyclic) bond motifs is 2. The number of carbonyl (C=O) groups is 2. The first-order valence-electron chi connectivity index (χ1n) is 7.46. The Morgan fingerprint density at radius 3 is 1.96 bits per heavy atom. The third-order valence-corrected chi connectivity index (χ3v) is 4.11. The molecule has 1 fully saturated rings. The SMILES string of the molecule is O=C1c2ccccc2C(=O)c2cc(/C=C/[C]3[CH][CH][CH][CH]3)ccc21. The van der Waals surface area contributed by atoms with Crippen molar-refractivity contribution in [2.75, 3.05) is 0 Å². The van der Waals surface area contributed by atoms with Gasteiger partial charge in [0.25, 0.3) is 0 Å². The molecule has 2 aliphatic carbocycles. The largest absolute Gasteiger partial charge is 0.289 e. The van der Waals surface area contributed by atoms with Crippen molar-refractivity contribution in [1.82, 2.24) is 0 Å². The highest BCUT2D eigenvalue weighted by Gasteiger charge is 2.29. The summed E-state index contributed by atoms with van der Waals surface area (Å²) >= 11 is 0. The first-order chi connectivity index (χ1) is 11.2. The zero-order valence-corrected chi connectivity index (χ0v) is 12.3. The maximum absolute atomic E-state index is 12.7. The Hall–Kier alpha value is -2.48. The minimum absolute atomic E-state index is 0.0817. The number of allylic oxidation sites excluding steroid dienone is 1. The van der Waals surface area contributed by atoms with Crippen LogP contribution in [0.25, 0.3) is 6.08 Å². The maximum atomic E-state index is 12.7. The maximum Gasteiger partial charge on any atom is 0.194 e. The van der Waals surface area contributed by atoms with Gasteiger partial charge in [-0.05, 0) is 43.4 Å². The van der Waals surface area contributed by atoms with E-state index in [1.165, 1.54) is 0 Å². The van der Waals surface area contributed by atoms with E-state index in [1.807, 2.05) is 43.9 Å². The normalized spacial score (nSPS) is 17.6. The second-order valence-corrected chi connectivity index (χ2v) is 5.56. The summed E-state index contributed by atoms with van der Waals surface area (Å²) in [6.45, 7) is 0. The quantitative estimate of drug-likeness (QED) is 0.719. The van der Waals surface area contributed by atoms with E-state index in [1.54, 1.807) is 36.4 Å². The second-order valence-electron chi connectivity index (χ2n) is 5.56. The van der Waals surface area contributed by atoms with Gasteiger partial charge in [0.1, 0.15) is 0 Å². The molecular formula is C21H13O2. The summed E-state index contributed by atoms with van der Waals surface area (Å²) in [5, 5.41) is 0. The van der Waals surface area contributed by atoms with E-state index in [0.717, 1.165) is 11.5 Å². The van der Waals surface area contributed by atoms with Gasteiger partial charge < -0.3 is 0 Å². The highest BCUT2D eigenvalue weighted by molar-refractivity contribution is 6.28. The highest BCUT2D eigenvalue weighted by Crippen LogP contribution is 2.29. The molecule has 2 aromatic carbocycles. The van der Waals surface area contributed by atoms with Gasteiger partial charge in [-0.2, -0.15) is 0 Å². The van der Waals surface area contributed by atoms with E-state index < -0.39 is 0 Å². The van der Waals surface area contributed by atoms with Crippen molar-refractivity contribution in [3.05, 3.63) is 108 Å². The Bertz CT molecular complexity index is 823. The lowest BCUT2D eigenvalue weighted by Crippen LogP contribution is -2.20. The van der Waals surface area contributed by atoms with Crippen LogP contribution in [0.15, 0.2) is 48.5 Å². The van der Waals surface area contributed by atoms with Gasteiger partial charge >= 0.3 is 0 Å². The summed E-state index contributed by atoms with van der Waals surface area (Å²) in [6, 6.07) is 12.4. The predicted octanol–water partition coefficient (Wildman–Crippen LogP) is 3.88. The molecule has 2 nitrogen and oxygen atoms in total. The number of carbonyl (C=O) groups excluding carboxylic acids is 2. The molecule has 5 radical (unpaired) electrons. The van der Waals surface area contributed by atoms with Crippen LogP contribution in [0.5, 0.6) is 0 Å². The zero-order chi connectivity index (χ0) is 15.8. The van der Waals surface area contributed by atoms with Crippen LogP contribution in [0.1, 0.15) is 37.4 Å². The van der Waals surface area contributed by atoms with E-state index >= 15 is 0 Å². The first-order valence-corrected chi connectivity index (χ1v) is 7.46. The lowest BCUT2D eigenvalue weighted by atomic mass is 9.83. The van der Waals surface area contributed by atoms with Crippen molar-refractivity contribution >= 4 is 17.6 Å². The summed E-state index contributed by atoms with van der Waals surface area (Å²) < 4.78 is 0. The van der Waals surface area contributed by atoms with Crippen molar-refractivity contribution in [3.63, 3.8) is 0 Å².